The van der Waals surface area contributed by atoms with Gasteiger partial charge in [-0.05, 0) is 42.0 Å². The molecule has 0 spiro atoms. The predicted molar refractivity (Wildman–Crippen MR) is 128 cm³/mol. The fourth-order valence-corrected chi connectivity index (χ4v) is 4.30. The fraction of sp³-hybridized carbons (Fsp3) is 0.320. The highest BCUT2D eigenvalue weighted by molar-refractivity contribution is 5.91. The van der Waals surface area contributed by atoms with E-state index in [1.165, 1.54) is 0 Å². The smallest absolute Gasteiger partial charge is 0.322 e. The van der Waals surface area contributed by atoms with Crippen molar-refractivity contribution in [3.8, 4) is 28.7 Å². The molecule has 3 aromatic rings. The van der Waals surface area contributed by atoms with Crippen LogP contribution < -0.4 is 29.0 Å². The lowest BCUT2D eigenvalue weighted by Crippen LogP contribution is -2.44. The number of ether oxygens (including phenoxy) is 5. The first-order valence-electron chi connectivity index (χ1n) is 10.8. The number of anilines is 1. The van der Waals surface area contributed by atoms with Gasteiger partial charge in [-0.1, -0.05) is 0 Å². The average Bonchev–Trinajstić information content (AvgIpc) is 3.36. The van der Waals surface area contributed by atoms with Gasteiger partial charge in [-0.3, -0.25) is 0 Å². The summed E-state index contributed by atoms with van der Waals surface area (Å²) in [6.45, 7) is 1.18. The minimum atomic E-state index is -0.373. The first-order valence-corrected chi connectivity index (χ1v) is 10.8. The van der Waals surface area contributed by atoms with E-state index in [2.05, 4.69) is 9.88 Å². The second-order valence-corrected chi connectivity index (χ2v) is 7.68. The third kappa shape index (κ3) is 4.16. The zero-order chi connectivity index (χ0) is 24.2. The number of hydrogen-bond donors (Lipinski definition) is 1. The van der Waals surface area contributed by atoms with E-state index in [-0.39, 0.29) is 12.1 Å². The lowest BCUT2D eigenvalue weighted by molar-refractivity contribution is 0.181. The summed E-state index contributed by atoms with van der Waals surface area (Å²) in [6, 6.07) is 12.4. The Balaban J connectivity index is 1.74. The zero-order valence-electron chi connectivity index (χ0n) is 20.0. The summed E-state index contributed by atoms with van der Waals surface area (Å²) >= 11 is 0. The van der Waals surface area contributed by atoms with Crippen LogP contribution in [-0.4, -0.2) is 57.6 Å². The number of rotatable bonds is 7. The van der Waals surface area contributed by atoms with Gasteiger partial charge in [-0.25, -0.2) is 4.79 Å². The quantitative estimate of drug-likeness (QED) is 0.562. The van der Waals surface area contributed by atoms with Gasteiger partial charge >= 0.3 is 6.03 Å². The number of urea groups is 1. The van der Waals surface area contributed by atoms with Crippen LogP contribution in [0.1, 0.15) is 17.3 Å². The van der Waals surface area contributed by atoms with Crippen molar-refractivity contribution in [1.29, 1.82) is 0 Å². The minimum absolute atomic E-state index is 0.255. The Bertz CT molecular complexity index is 1150. The second kappa shape index (κ2) is 9.86. The molecule has 0 saturated carbocycles. The highest BCUT2D eigenvalue weighted by Crippen LogP contribution is 2.43. The van der Waals surface area contributed by atoms with E-state index in [0.717, 1.165) is 11.3 Å². The Labute approximate surface area is 198 Å². The molecule has 0 fully saturated rings. The molecule has 4 rings (SSSR count). The Hall–Kier alpha value is -4.01. The maximum Gasteiger partial charge on any atom is 0.322 e. The fourth-order valence-electron chi connectivity index (χ4n) is 4.30. The van der Waals surface area contributed by atoms with Gasteiger partial charge in [0.25, 0.3) is 0 Å². The number of aromatic nitrogens is 1. The number of fused-ring (bicyclic) bond motifs is 1. The summed E-state index contributed by atoms with van der Waals surface area (Å²) in [6.07, 6.45) is 2.02. The van der Waals surface area contributed by atoms with Crippen LogP contribution >= 0.6 is 0 Å². The minimum Gasteiger partial charge on any atom is -0.497 e. The van der Waals surface area contributed by atoms with Crippen LogP contribution in [0.15, 0.2) is 48.7 Å². The van der Waals surface area contributed by atoms with Crippen LogP contribution in [0, 0.1) is 0 Å². The van der Waals surface area contributed by atoms with Crippen molar-refractivity contribution < 1.29 is 28.5 Å². The SMILES string of the molecule is COc1ccc(NC(=O)N2CCn3cccc3[C@@H]2c2cc(OC)c(OC)c(OC)c2)c(OC)c1. The number of carbonyl (C=O) groups is 1. The summed E-state index contributed by atoms with van der Waals surface area (Å²) in [5.74, 6) is 2.70. The van der Waals surface area contributed by atoms with E-state index in [1.54, 1.807) is 58.6 Å². The molecule has 0 saturated heterocycles. The molecular formula is C25H29N3O6. The number of carbonyl (C=O) groups excluding carboxylic acids is 1. The molecule has 1 aliphatic rings. The van der Waals surface area contributed by atoms with Crippen LogP contribution in [0.3, 0.4) is 0 Å². The molecule has 180 valence electrons. The van der Waals surface area contributed by atoms with Crippen molar-refractivity contribution in [2.75, 3.05) is 47.4 Å². The highest BCUT2D eigenvalue weighted by Gasteiger charge is 2.34. The molecule has 1 N–H and O–H groups in total. The second-order valence-electron chi connectivity index (χ2n) is 7.68. The Morgan fingerprint density at radius 3 is 2.18 bits per heavy atom. The molecule has 34 heavy (non-hydrogen) atoms. The molecule has 0 unspecified atom stereocenters. The topological polar surface area (TPSA) is 83.4 Å². The van der Waals surface area contributed by atoms with Gasteiger partial charge < -0.3 is 38.5 Å². The molecule has 0 bridgehead atoms. The molecule has 1 atom stereocenters. The Morgan fingerprint density at radius 1 is 0.853 bits per heavy atom. The van der Waals surface area contributed by atoms with Gasteiger partial charge in [0.15, 0.2) is 11.5 Å². The third-order valence-electron chi connectivity index (χ3n) is 5.95. The first-order chi connectivity index (χ1) is 16.5. The Kier molecular flexibility index (Phi) is 6.72. The number of amides is 2. The van der Waals surface area contributed by atoms with Crippen LogP contribution in [0.2, 0.25) is 0 Å². The third-order valence-corrected chi connectivity index (χ3v) is 5.95. The first kappa shape index (κ1) is 23.2. The predicted octanol–water partition coefficient (Wildman–Crippen LogP) is 4.17. The van der Waals surface area contributed by atoms with Crippen molar-refractivity contribution in [1.82, 2.24) is 9.47 Å². The summed E-state index contributed by atoms with van der Waals surface area (Å²) in [5.41, 5.74) is 2.38. The van der Waals surface area contributed by atoms with Crippen LogP contribution in [0.5, 0.6) is 28.7 Å². The lowest BCUT2D eigenvalue weighted by atomic mass is 9.99. The molecule has 0 radical (unpaired) electrons. The summed E-state index contributed by atoms with van der Waals surface area (Å²) < 4.78 is 29.5. The normalized spacial score (nSPS) is 14.7. The molecule has 2 aromatic carbocycles. The largest absolute Gasteiger partial charge is 0.497 e. The summed E-state index contributed by atoms with van der Waals surface area (Å²) in [7, 11) is 7.85. The van der Waals surface area contributed by atoms with Crippen LogP contribution in [-0.2, 0) is 6.54 Å². The molecule has 0 aliphatic carbocycles. The van der Waals surface area contributed by atoms with Gasteiger partial charge in [0.05, 0.1) is 47.3 Å². The van der Waals surface area contributed by atoms with Crippen molar-refractivity contribution in [2.24, 2.45) is 0 Å². The number of nitrogens with zero attached hydrogens (tertiary/aromatic N) is 2. The highest BCUT2D eigenvalue weighted by atomic mass is 16.5. The summed E-state index contributed by atoms with van der Waals surface area (Å²) in [5, 5.41) is 2.99. The van der Waals surface area contributed by atoms with Crippen LogP contribution in [0.25, 0.3) is 0 Å². The molecule has 1 aromatic heterocycles. The van der Waals surface area contributed by atoms with Gasteiger partial charge in [-0.2, -0.15) is 0 Å². The molecule has 1 aliphatic heterocycles. The average molecular weight is 468 g/mol. The molecule has 2 amide bonds. The van der Waals surface area contributed by atoms with Gasteiger partial charge in [0, 0.05) is 31.0 Å². The van der Waals surface area contributed by atoms with Crippen LogP contribution in [0.4, 0.5) is 10.5 Å². The number of nitrogens with one attached hydrogen (secondary N) is 1. The number of benzene rings is 2. The van der Waals surface area contributed by atoms with E-state index in [4.69, 9.17) is 23.7 Å². The van der Waals surface area contributed by atoms with Gasteiger partial charge in [0.1, 0.15) is 11.5 Å². The molecule has 9 nitrogen and oxygen atoms in total. The van der Waals surface area contributed by atoms with Gasteiger partial charge in [0.2, 0.25) is 5.75 Å². The van der Waals surface area contributed by atoms with Crippen molar-refractivity contribution in [2.45, 2.75) is 12.6 Å². The standard InChI is InChI=1S/C25H29N3O6/c1-30-17-8-9-18(20(15-17)31-2)26-25(29)28-12-11-27-10-6-7-19(27)23(28)16-13-21(32-3)24(34-5)22(14-16)33-4/h6-10,13-15,23H,11-12H2,1-5H3,(H,26,29)/t23-/m0/s1. The van der Waals surface area contributed by atoms with E-state index in [0.29, 0.717) is 47.5 Å². The van der Waals surface area contributed by atoms with E-state index in [1.807, 2.05) is 30.5 Å². The maximum atomic E-state index is 13.6. The van der Waals surface area contributed by atoms with Crippen molar-refractivity contribution >= 4 is 11.7 Å². The van der Waals surface area contributed by atoms with Crippen molar-refractivity contribution in [3.05, 3.63) is 59.9 Å². The summed E-state index contributed by atoms with van der Waals surface area (Å²) in [4.78, 5) is 15.4. The maximum absolute atomic E-state index is 13.6. The number of methoxy groups -OCH3 is 5. The molecule has 9 heteroatoms. The zero-order valence-corrected chi connectivity index (χ0v) is 20.0. The van der Waals surface area contributed by atoms with E-state index >= 15 is 0 Å². The monoisotopic (exact) mass is 467 g/mol. The van der Waals surface area contributed by atoms with E-state index in [9.17, 15) is 4.79 Å². The lowest BCUT2D eigenvalue weighted by Gasteiger charge is -2.37. The van der Waals surface area contributed by atoms with E-state index < -0.39 is 0 Å². The molecular weight excluding hydrogens is 438 g/mol. The molecule has 2 heterocycles. The van der Waals surface area contributed by atoms with Gasteiger partial charge in [-0.15, -0.1) is 0 Å². The van der Waals surface area contributed by atoms with Crippen molar-refractivity contribution in [3.63, 3.8) is 0 Å². The number of hydrogen-bond acceptors (Lipinski definition) is 6. The Morgan fingerprint density at radius 2 is 1.56 bits per heavy atom.